The number of benzene rings is 2. The van der Waals surface area contributed by atoms with E-state index in [4.69, 9.17) is 20.6 Å². The maximum absolute atomic E-state index is 12.2. The van der Waals surface area contributed by atoms with E-state index in [9.17, 15) is 13.5 Å². The Hall–Kier alpha value is -2.78. The first-order valence-electron chi connectivity index (χ1n) is 7.77. The monoisotopic (exact) mass is 379 g/mol. The van der Waals surface area contributed by atoms with Gasteiger partial charge in [-0.2, -0.15) is 0 Å². The number of nitrogens with one attached hydrogen (secondary N) is 2. The SMILES string of the molecule is COc1ccc(S(=O)(=O)NCCCOc2cccc(C(=N)N)c2)cc1O. The highest BCUT2D eigenvalue weighted by atomic mass is 32.2. The average molecular weight is 379 g/mol. The summed E-state index contributed by atoms with van der Waals surface area (Å²) in [6.07, 6.45) is 0.436. The fourth-order valence-corrected chi connectivity index (χ4v) is 3.24. The molecule has 0 aromatic heterocycles. The summed E-state index contributed by atoms with van der Waals surface area (Å²) in [5.74, 6) is 0.459. The highest BCUT2D eigenvalue weighted by Crippen LogP contribution is 2.28. The molecule has 0 heterocycles. The largest absolute Gasteiger partial charge is 0.504 e. The lowest BCUT2D eigenvalue weighted by atomic mass is 10.2. The van der Waals surface area contributed by atoms with E-state index in [-0.39, 0.29) is 35.4 Å². The molecule has 9 heteroatoms. The molecule has 0 atom stereocenters. The molecule has 0 saturated heterocycles. The van der Waals surface area contributed by atoms with Crippen molar-refractivity contribution in [3.8, 4) is 17.2 Å². The first kappa shape index (κ1) is 19.5. The van der Waals surface area contributed by atoms with E-state index in [1.54, 1.807) is 24.3 Å². The van der Waals surface area contributed by atoms with Crippen LogP contribution in [0.25, 0.3) is 0 Å². The zero-order chi connectivity index (χ0) is 19.2. The van der Waals surface area contributed by atoms with E-state index in [1.807, 2.05) is 0 Å². The Morgan fingerprint density at radius 2 is 2.04 bits per heavy atom. The van der Waals surface area contributed by atoms with Crippen LogP contribution >= 0.6 is 0 Å². The Labute approximate surface area is 152 Å². The smallest absolute Gasteiger partial charge is 0.240 e. The minimum Gasteiger partial charge on any atom is -0.504 e. The van der Waals surface area contributed by atoms with Crippen molar-refractivity contribution >= 4 is 15.9 Å². The highest BCUT2D eigenvalue weighted by Gasteiger charge is 2.15. The molecule has 0 unspecified atom stereocenters. The first-order valence-corrected chi connectivity index (χ1v) is 9.26. The fourth-order valence-electron chi connectivity index (χ4n) is 2.14. The number of methoxy groups -OCH3 is 1. The minimum absolute atomic E-state index is 0.0500. The van der Waals surface area contributed by atoms with Crippen LogP contribution in [0.4, 0.5) is 0 Å². The van der Waals surface area contributed by atoms with Crippen molar-refractivity contribution < 1.29 is 23.0 Å². The molecule has 2 aromatic carbocycles. The van der Waals surface area contributed by atoms with Crippen LogP contribution in [0.3, 0.4) is 0 Å². The van der Waals surface area contributed by atoms with Gasteiger partial charge in [-0.05, 0) is 30.7 Å². The summed E-state index contributed by atoms with van der Waals surface area (Å²) >= 11 is 0. The van der Waals surface area contributed by atoms with E-state index in [1.165, 1.54) is 19.2 Å². The normalized spacial score (nSPS) is 11.1. The van der Waals surface area contributed by atoms with Crippen molar-refractivity contribution in [2.24, 2.45) is 5.73 Å². The van der Waals surface area contributed by atoms with Gasteiger partial charge in [0.2, 0.25) is 10.0 Å². The lowest BCUT2D eigenvalue weighted by Gasteiger charge is -2.10. The Morgan fingerprint density at radius 1 is 1.27 bits per heavy atom. The van der Waals surface area contributed by atoms with Crippen LogP contribution in [0.15, 0.2) is 47.4 Å². The molecule has 0 bridgehead atoms. The van der Waals surface area contributed by atoms with Crippen LogP contribution in [0.1, 0.15) is 12.0 Å². The van der Waals surface area contributed by atoms with Gasteiger partial charge < -0.3 is 20.3 Å². The van der Waals surface area contributed by atoms with Crippen LogP contribution in [-0.4, -0.2) is 39.6 Å². The van der Waals surface area contributed by atoms with E-state index >= 15 is 0 Å². The molecule has 140 valence electrons. The standard InChI is InChI=1S/C17H21N3O5S/c1-24-16-7-6-14(11-15(16)21)26(22,23)20-8-3-9-25-13-5-2-4-12(10-13)17(18)19/h2,4-7,10-11,20-21H,3,8-9H2,1H3,(H3,18,19). The predicted molar refractivity (Wildman–Crippen MR) is 97.4 cm³/mol. The predicted octanol–water partition coefficient (Wildman–Crippen LogP) is 1.43. The summed E-state index contributed by atoms with van der Waals surface area (Å²) in [5.41, 5.74) is 5.97. The molecule has 8 nitrogen and oxygen atoms in total. The Bertz CT molecular complexity index is 884. The van der Waals surface area contributed by atoms with E-state index in [0.29, 0.717) is 17.7 Å². The van der Waals surface area contributed by atoms with Crippen LogP contribution in [0, 0.1) is 5.41 Å². The Kier molecular flexibility index (Phi) is 6.42. The van der Waals surface area contributed by atoms with Crippen LogP contribution in [-0.2, 0) is 10.0 Å². The first-order chi connectivity index (χ1) is 12.3. The van der Waals surface area contributed by atoms with Gasteiger partial charge in [-0.15, -0.1) is 0 Å². The Balaban J connectivity index is 1.84. The third-order valence-electron chi connectivity index (χ3n) is 3.49. The minimum atomic E-state index is -3.74. The molecule has 2 rings (SSSR count). The molecule has 0 spiro atoms. The molecule has 0 aliphatic heterocycles. The summed E-state index contributed by atoms with van der Waals surface area (Å²) in [6, 6.07) is 10.7. The second-order valence-corrected chi connectivity index (χ2v) is 7.14. The van der Waals surface area contributed by atoms with Crippen LogP contribution < -0.4 is 19.9 Å². The number of sulfonamides is 1. The van der Waals surface area contributed by atoms with Gasteiger partial charge in [0.15, 0.2) is 11.5 Å². The quantitative estimate of drug-likeness (QED) is 0.296. The van der Waals surface area contributed by atoms with Gasteiger partial charge in [0, 0.05) is 18.2 Å². The molecule has 0 radical (unpaired) electrons. The maximum Gasteiger partial charge on any atom is 0.240 e. The second kappa shape index (κ2) is 8.54. The van der Waals surface area contributed by atoms with E-state index in [0.717, 1.165) is 6.07 Å². The number of phenols is 1. The number of ether oxygens (including phenoxy) is 2. The number of nitrogen functional groups attached to an aromatic ring is 1. The van der Waals surface area contributed by atoms with Crippen molar-refractivity contribution in [3.05, 3.63) is 48.0 Å². The molecular weight excluding hydrogens is 358 g/mol. The molecule has 0 aliphatic rings. The molecule has 0 amide bonds. The Morgan fingerprint density at radius 3 is 2.69 bits per heavy atom. The zero-order valence-electron chi connectivity index (χ0n) is 14.2. The van der Waals surface area contributed by atoms with Crippen molar-refractivity contribution in [2.45, 2.75) is 11.3 Å². The fraction of sp³-hybridized carbons (Fsp3) is 0.235. The third kappa shape index (κ3) is 5.11. The van der Waals surface area contributed by atoms with Gasteiger partial charge in [0.1, 0.15) is 11.6 Å². The number of phenolic OH excluding ortho intramolecular Hbond substituents is 1. The number of amidine groups is 1. The van der Waals surface area contributed by atoms with Gasteiger partial charge in [0.25, 0.3) is 0 Å². The topological polar surface area (TPSA) is 135 Å². The van der Waals surface area contributed by atoms with Gasteiger partial charge in [-0.1, -0.05) is 12.1 Å². The van der Waals surface area contributed by atoms with Crippen LogP contribution in [0.5, 0.6) is 17.2 Å². The van der Waals surface area contributed by atoms with Crippen molar-refractivity contribution in [2.75, 3.05) is 20.3 Å². The molecule has 0 saturated carbocycles. The number of nitrogens with two attached hydrogens (primary N) is 1. The lowest BCUT2D eigenvalue weighted by molar-refractivity contribution is 0.311. The molecule has 0 fully saturated rings. The van der Waals surface area contributed by atoms with Crippen molar-refractivity contribution in [3.63, 3.8) is 0 Å². The number of hydrogen-bond acceptors (Lipinski definition) is 6. The third-order valence-corrected chi connectivity index (χ3v) is 4.95. The molecule has 0 aliphatic carbocycles. The van der Waals surface area contributed by atoms with Crippen molar-refractivity contribution in [1.82, 2.24) is 4.72 Å². The molecule has 5 N–H and O–H groups in total. The number of rotatable bonds is 9. The molecular formula is C17H21N3O5S. The number of hydrogen-bond donors (Lipinski definition) is 4. The van der Waals surface area contributed by atoms with Gasteiger partial charge >= 0.3 is 0 Å². The number of aromatic hydroxyl groups is 1. The second-order valence-electron chi connectivity index (χ2n) is 5.37. The van der Waals surface area contributed by atoms with Gasteiger partial charge in [-0.25, -0.2) is 13.1 Å². The van der Waals surface area contributed by atoms with Crippen LogP contribution in [0.2, 0.25) is 0 Å². The van der Waals surface area contributed by atoms with Crippen molar-refractivity contribution in [1.29, 1.82) is 5.41 Å². The lowest BCUT2D eigenvalue weighted by Crippen LogP contribution is -2.25. The summed E-state index contributed by atoms with van der Waals surface area (Å²) < 4.78 is 37.2. The maximum atomic E-state index is 12.2. The summed E-state index contributed by atoms with van der Waals surface area (Å²) in [6.45, 7) is 0.458. The average Bonchev–Trinajstić information content (AvgIpc) is 2.61. The van der Waals surface area contributed by atoms with Gasteiger partial charge in [0.05, 0.1) is 18.6 Å². The highest BCUT2D eigenvalue weighted by molar-refractivity contribution is 7.89. The van der Waals surface area contributed by atoms with Gasteiger partial charge in [-0.3, -0.25) is 5.41 Å². The molecule has 26 heavy (non-hydrogen) atoms. The summed E-state index contributed by atoms with van der Waals surface area (Å²) in [7, 11) is -2.35. The van der Waals surface area contributed by atoms with E-state index in [2.05, 4.69) is 4.72 Å². The molecule has 2 aromatic rings. The van der Waals surface area contributed by atoms with E-state index < -0.39 is 10.0 Å². The zero-order valence-corrected chi connectivity index (χ0v) is 15.0. The summed E-state index contributed by atoms with van der Waals surface area (Å²) in [5, 5.41) is 17.1. The summed E-state index contributed by atoms with van der Waals surface area (Å²) in [4.78, 5) is -0.0501.